The molecule has 0 radical (unpaired) electrons. The fourth-order valence-electron chi connectivity index (χ4n) is 2.90. The van der Waals surface area contributed by atoms with Crippen molar-refractivity contribution in [1.29, 1.82) is 0 Å². The third kappa shape index (κ3) is 2.07. The second-order valence-corrected chi connectivity index (χ2v) is 5.10. The van der Waals surface area contributed by atoms with Crippen molar-refractivity contribution < 1.29 is 4.79 Å². The van der Waals surface area contributed by atoms with Crippen LogP contribution in [0.25, 0.3) is 11.0 Å². The molecule has 1 fully saturated rings. The summed E-state index contributed by atoms with van der Waals surface area (Å²) < 4.78 is 2.10. The predicted octanol–water partition coefficient (Wildman–Crippen LogP) is 0.518. The SMILES string of the molecule is NCCn1c(C2CCCN2)nc2c(C(N)=O)cccc21. The van der Waals surface area contributed by atoms with Crippen molar-refractivity contribution in [1.82, 2.24) is 14.9 Å². The molecule has 1 aliphatic heterocycles. The maximum Gasteiger partial charge on any atom is 0.250 e. The number of nitrogens with zero attached hydrogens (tertiary/aromatic N) is 2. The Bertz CT molecular complexity index is 642. The second-order valence-electron chi connectivity index (χ2n) is 5.10. The van der Waals surface area contributed by atoms with Crippen LogP contribution >= 0.6 is 0 Å². The number of carbonyl (C=O) groups is 1. The van der Waals surface area contributed by atoms with Gasteiger partial charge in [0.15, 0.2) is 0 Å². The lowest BCUT2D eigenvalue weighted by Crippen LogP contribution is -2.20. The van der Waals surface area contributed by atoms with Crippen LogP contribution < -0.4 is 16.8 Å². The fraction of sp³-hybridized carbons (Fsp3) is 0.429. The Labute approximate surface area is 117 Å². The summed E-state index contributed by atoms with van der Waals surface area (Å²) in [6, 6.07) is 5.75. The first-order valence-corrected chi connectivity index (χ1v) is 6.94. The van der Waals surface area contributed by atoms with Gasteiger partial charge in [0.1, 0.15) is 11.3 Å². The van der Waals surface area contributed by atoms with Crippen LogP contribution in [0.15, 0.2) is 18.2 Å². The van der Waals surface area contributed by atoms with E-state index < -0.39 is 5.91 Å². The van der Waals surface area contributed by atoms with Gasteiger partial charge in [-0.2, -0.15) is 0 Å². The highest BCUT2D eigenvalue weighted by molar-refractivity contribution is 6.04. The maximum atomic E-state index is 11.5. The number of nitrogens with one attached hydrogen (secondary N) is 1. The van der Waals surface area contributed by atoms with Gasteiger partial charge in [-0.1, -0.05) is 6.07 Å². The van der Waals surface area contributed by atoms with Crippen LogP contribution in [0, 0.1) is 0 Å². The van der Waals surface area contributed by atoms with Gasteiger partial charge in [-0.05, 0) is 31.5 Å². The molecule has 106 valence electrons. The number of amides is 1. The Kier molecular flexibility index (Phi) is 3.42. The zero-order valence-electron chi connectivity index (χ0n) is 11.3. The molecule has 2 heterocycles. The number of primary amides is 1. The van der Waals surface area contributed by atoms with Crippen molar-refractivity contribution in [2.24, 2.45) is 11.5 Å². The lowest BCUT2D eigenvalue weighted by molar-refractivity contribution is 0.100. The lowest BCUT2D eigenvalue weighted by atomic mass is 10.2. The highest BCUT2D eigenvalue weighted by atomic mass is 16.1. The molecule has 2 aromatic rings. The van der Waals surface area contributed by atoms with E-state index in [1.165, 1.54) is 0 Å². The van der Waals surface area contributed by atoms with Crippen LogP contribution in [-0.2, 0) is 6.54 Å². The number of rotatable bonds is 4. The van der Waals surface area contributed by atoms with Gasteiger partial charge in [-0.3, -0.25) is 4.79 Å². The molecule has 1 saturated heterocycles. The molecule has 0 spiro atoms. The topological polar surface area (TPSA) is 99.0 Å². The van der Waals surface area contributed by atoms with E-state index in [1.807, 2.05) is 12.1 Å². The highest BCUT2D eigenvalue weighted by Gasteiger charge is 2.24. The van der Waals surface area contributed by atoms with E-state index in [1.54, 1.807) is 6.07 Å². The normalized spacial score (nSPS) is 18.8. The molecule has 1 aliphatic rings. The predicted molar refractivity (Wildman–Crippen MR) is 77.3 cm³/mol. The summed E-state index contributed by atoms with van der Waals surface area (Å²) in [5, 5.41) is 3.44. The third-order valence-corrected chi connectivity index (χ3v) is 3.80. The van der Waals surface area contributed by atoms with Crippen molar-refractivity contribution in [3.05, 3.63) is 29.6 Å². The van der Waals surface area contributed by atoms with Gasteiger partial charge in [-0.15, -0.1) is 0 Å². The summed E-state index contributed by atoms with van der Waals surface area (Å²) in [7, 11) is 0. The van der Waals surface area contributed by atoms with Crippen LogP contribution in [0.2, 0.25) is 0 Å². The summed E-state index contributed by atoms with van der Waals surface area (Å²) in [6.07, 6.45) is 2.19. The number of imidazole rings is 1. The Morgan fingerprint density at radius 1 is 1.50 bits per heavy atom. The average molecular weight is 273 g/mol. The Morgan fingerprint density at radius 2 is 2.35 bits per heavy atom. The van der Waals surface area contributed by atoms with E-state index in [0.717, 1.165) is 30.7 Å². The number of aromatic nitrogens is 2. The van der Waals surface area contributed by atoms with Gasteiger partial charge in [0.2, 0.25) is 0 Å². The van der Waals surface area contributed by atoms with Crippen LogP contribution in [0.4, 0.5) is 0 Å². The number of carbonyl (C=O) groups excluding carboxylic acids is 1. The summed E-state index contributed by atoms with van der Waals surface area (Å²) in [6.45, 7) is 2.22. The van der Waals surface area contributed by atoms with Crippen LogP contribution in [-0.4, -0.2) is 28.5 Å². The quantitative estimate of drug-likeness (QED) is 0.756. The molecule has 1 atom stereocenters. The second kappa shape index (κ2) is 5.22. The van der Waals surface area contributed by atoms with Crippen LogP contribution in [0.3, 0.4) is 0 Å². The molecule has 0 bridgehead atoms. The standard InChI is InChI=1S/C14H19N5O/c15-6-8-19-11-5-1-3-9(13(16)20)12(11)18-14(19)10-4-2-7-17-10/h1,3,5,10,17H,2,4,6-8,15H2,(H2,16,20). The first kappa shape index (κ1) is 13.1. The molecule has 3 rings (SSSR count). The van der Waals surface area contributed by atoms with Crippen molar-refractivity contribution in [2.45, 2.75) is 25.4 Å². The summed E-state index contributed by atoms with van der Waals surface area (Å²) in [4.78, 5) is 16.2. The highest BCUT2D eigenvalue weighted by Crippen LogP contribution is 2.27. The monoisotopic (exact) mass is 273 g/mol. The minimum atomic E-state index is -0.445. The van der Waals surface area contributed by atoms with Crippen LogP contribution in [0.5, 0.6) is 0 Å². The molecule has 0 aliphatic carbocycles. The molecule has 1 aromatic carbocycles. The number of para-hydroxylation sites is 1. The maximum absolute atomic E-state index is 11.5. The molecule has 6 nitrogen and oxygen atoms in total. The van der Waals surface area contributed by atoms with Crippen molar-refractivity contribution in [3.8, 4) is 0 Å². The minimum absolute atomic E-state index is 0.231. The smallest absolute Gasteiger partial charge is 0.250 e. The van der Waals surface area contributed by atoms with E-state index in [0.29, 0.717) is 24.2 Å². The van der Waals surface area contributed by atoms with Crippen molar-refractivity contribution >= 4 is 16.9 Å². The summed E-state index contributed by atoms with van der Waals surface area (Å²) in [5.41, 5.74) is 13.2. The fourth-order valence-corrected chi connectivity index (χ4v) is 2.90. The number of hydrogen-bond acceptors (Lipinski definition) is 4. The number of fused-ring (bicyclic) bond motifs is 1. The van der Waals surface area contributed by atoms with E-state index in [4.69, 9.17) is 11.5 Å². The molecule has 6 heteroatoms. The molecule has 1 amide bonds. The zero-order valence-corrected chi connectivity index (χ0v) is 11.3. The number of benzene rings is 1. The number of nitrogens with two attached hydrogens (primary N) is 2. The van der Waals surface area contributed by atoms with E-state index in [-0.39, 0.29) is 6.04 Å². The van der Waals surface area contributed by atoms with Gasteiger partial charge in [0, 0.05) is 13.1 Å². The van der Waals surface area contributed by atoms with Gasteiger partial charge in [0.05, 0.1) is 17.1 Å². The van der Waals surface area contributed by atoms with Gasteiger partial charge in [-0.25, -0.2) is 4.98 Å². The van der Waals surface area contributed by atoms with E-state index in [2.05, 4.69) is 14.9 Å². The molecular formula is C14H19N5O. The van der Waals surface area contributed by atoms with Gasteiger partial charge < -0.3 is 21.4 Å². The van der Waals surface area contributed by atoms with Gasteiger partial charge >= 0.3 is 0 Å². The number of hydrogen-bond donors (Lipinski definition) is 3. The first-order chi connectivity index (χ1) is 9.72. The summed E-state index contributed by atoms with van der Waals surface area (Å²) >= 11 is 0. The Balaban J connectivity index is 2.20. The molecule has 1 unspecified atom stereocenters. The molecule has 0 saturated carbocycles. The lowest BCUT2D eigenvalue weighted by Gasteiger charge is -2.13. The third-order valence-electron chi connectivity index (χ3n) is 3.80. The molecule has 20 heavy (non-hydrogen) atoms. The van der Waals surface area contributed by atoms with E-state index >= 15 is 0 Å². The average Bonchev–Trinajstić information content (AvgIpc) is 3.06. The minimum Gasteiger partial charge on any atom is -0.366 e. The Hall–Kier alpha value is -1.92. The van der Waals surface area contributed by atoms with Gasteiger partial charge in [0.25, 0.3) is 5.91 Å². The molecule has 5 N–H and O–H groups in total. The largest absolute Gasteiger partial charge is 0.366 e. The first-order valence-electron chi connectivity index (χ1n) is 6.94. The van der Waals surface area contributed by atoms with Crippen LogP contribution in [0.1, 0.15) is 35.1 Å². The Morgan fingerprint density at radius 3 is 3.00 bits per heavy atom. The molecular weight excluding hydrogens is 254 g/mol. The van der Waals surface area contributed by atoms with Crippen molar-refractivity contribution in [3.63, 3.8) is 0 Å². The molecule has 1 aromatic heterocycles. The zero-order chi connectivity index (χ0) is 14.1. The summed E-state index contributed by atoms with van der Waals surface area (Å²) in [5.74, 6) is 0.510. The van der Waals surface area contributed by atoms with Crippen molar-refractivity contribution in [2.75, 3.05) is 13.1 Å². The van der Waals surface area contributed by atoms with E-state index in [9.17, 15) is 4.79 Å².